The van der Waals surface area contributed by atoms with Crippen molar-refractivity contribution in [3.8, 4) is 0 Å². The molecule has 0 aromatic heterocycles. The average Bonchev–Trinajstić information content (AvgIpc) is 2.26. The first kappa shape index (κ1) is 21.0. The minimum atomic E-state index is -7.89. The van der Waals surface area contributed by atoms with E-state index in [0.717, 1.165) is 0 Å². The van der Waals surface area contributed by atoms with Gasteiger partial charge in [-0.25, -0.2) is 0 Å². The molecule has 0 fully saturated rings. The van der Waals surface area contributed by atoms with Crippen LogP contribution in [0.5, 0.6) is 0 Å². The number of hydrogen-bond donors (Lipinski definition) is 0. The number of halogens is 13. The van der Waals surface area contributed by atoms with Gasteiger partial charge < -0.3 is 4.74 Å². The van der Waals surface area contributed by atoms with E-state index in [0.29, 0.717) is 6.92 Å². The van der Waals surface area contributed by atoms with E-state index in [1.807, 2.05) is 0 Å². The van der Waals surface area contributed by atoms with Crippen LogP contribution in [0.15, 0.2) is 0 Å². The summed E-state index contributed by atoms with van der Waals surface area (Å²) in [6, 6.07) is 0. The third kappa shape index (κ3) is 2.69. The summed E-state index contributed by atoms with van der Waals surface area (Å²) < 4.78 is 164. The van der Waals surface area contributed by atoms with Gasteiger partial charge in [0.05, 0.1) is 6.61 Å². The molecule has 0 aromatic rings. The van der Waals surface area contributed by atoms with E-state index >= 15 is 0 Å². The van der Waals surface area contributed by atoms with Crippen molar-refractivity contribution < 1.29 is 61.8 Å². The number of ether oxygens (including phenoxy) is 1. The van der Waals surface area contributed by atoms with E-state index in [1.165, 1.54) is 0 Å². The zero-order valence-corrected chi connectivity index (χ0v) is 10.0. The third-order valence-electron chi connectivity index (χ3n) is 2.23. The summed E-state index contributed by atoms with van der Waals surface area (Å²) in [6.07, 6.45) is -13.8. The van der Waals surface area contributed by atoms with Crippen molar-refractivity contribution >= 4 is 0 Å². The van der Waals surface area contributed by atoms with Crippen molar-refractivity contribution in [1.82, 2.24) is 0 Å². The van der Waals surface area contributed by atoms with Crippen molar-refractivity contribution in [3.63, 3.8) is 0 Å². The Morgan fingerprint density at radius 3 is 1.14 bits per heavy atom. The fraction of sp³-hybridized carbons (Fsp3) is 1.00. The Labute approximate surface area is 113 Å². The maximum absolute atomic E-state index is 12.8. The Morgan fingerprint density at radius 2 is 0.864 bits per heavy atom. The van der Waals surface area contributed by atoms with Gasteiger partial charge in [0.15, 0.2) is 0 Å². The fourth-order valence-electron chi connectivity index (χ4n) is 1.03. The van der Waals surface area contributed by atoms with Gasteiger partial charge in [0, 0.05) is 0 Å². The zero-order valence-electron chi connectivity index (χ0n) is 10.0. The summed E-state index contributed by atoms with van der Waals surface area (Å²) in [4.78, 5) is 0. The molecule has 0 radical (unpaired) electrons. The summed E-state index contributed by atoms with van der Waals surface area (Å²) in [5, 5.41) is 0. The fourth-order valence-corrected chi connectivity index (χ4v) is 1.03. The highest BCUT2D eigenvalue weighted by Gasteiger charge is 2.91. The largest absolute Gasteiger partial charge is 0.460 e. The molecule has 0 aliphatic carbocycles. The van der Waals surface area contributed by atoms with Crippen molar-refractivity contribution in [2.24, 2.45) is 0 Å². The first-order valence-electron chi connectivity index (χ1n) is 4.91. The van der Waals surface area contributed by atoms with Crippen LogP contribution in [0.3, 0.4) is 0 Å². The molecular formula is C8H5F13O. The predicted molar refractivity (Wildman–Crippen MR) is 42.4 cm³/mol. The predicted octanol–water partition coefficient (Wildman–Crippen LogP) is 4.72. The van der Waals surface area contributed by atoms with Gasteiger partial charge in [0.2, 0.25) is 0 Å². The monoisotopic (exact) mass is 364 g/mol. The van der Waals surface area contributed by atoms with Crippen LogP contribution >= 0.6 is 0 Å². The molecular weight excluding hydrogens is 359 g/mol. The Kier molecular flexibility index (Phi) is 5.07. The van der Waals surface area contributed by atoms with Gasteiger partial charge in [-0.1, -0.05) is 0 Å². The quantitative estimate of drug-likeness (QED) is 0.620. The second kappa shape index (κ2) is 5.30. The third-order valence-corrected chi connectivity index (χ3v) is 2.23. The van der Waals surface area contributed by atoms with E-state index in [2.05, 4.69) is 4.74 Å². The minimum Gasteiger partial charge on any atom is -0.316 e. The molecule has 0 saturated carbocycles. The summed E-state index contributed by atoms with van der Waals surface area (Å²) in [5.74, 6) is -30.8. The molecule has 22 heavy (non-hydrogen) atoms. The molecule has 0 amide bonds. The lowest BCUT2D eigenvalue weighted by Crippen LogP contribution is -2.70. The normalized spacial score (nSPS) is 16.1. The highest BCUT2D eigenvalue weighted by atomic mass is 19.4. The minimum absolute atomic E-state index is 0.518. The summed E-state index contributed by atoms with van der Waals surface area (Å²) >= 11 is 0. The average molecular weight is 364 g/mol. The van der Waals surface area contributed by atoms with Gasteiger partial charge >= 0.3 is 36.0 Å². The van der Waals surface area contributed by atoms with Crippen LogP contribution in [0.1, 0.15) is 6.92 Å². The lowest BCUT2D eigenvalue weighted by molar-refractivity contribution is -0.465. The summed E-state index contributed by atoms with van der Waals surface area (Å²) in [5.41, 5.74) is 0. The molecule has 0 bridgehead atoms. The highest BCUT2D eigenvalue weighted by Crippen LogP contribution is 2.60. The Hall–Kier alpha value is -0.950. The molecule has 0 atom stereocenters. The van der Waals surface area contributed by atoms with Crippen LogP contribution in [0, 0.1) is 0 Å². The standard InChI is InChI=1S/C8H5F13O/c1-2-22-8(20,21)6(15,16)4(11,12)3(9,10)5(13,14)7(17,18)19/h2H2,1H3. The zero-order chi connectivity index (χ0) is 18.4. The van der Waals surface area contributed by atoms with Gasteiger partial charge in [-0.2, -0.15) is 57.1 Å². The molecule has 0 heterocycles. The maximum Gasteiger partial charge on any atom is 0.460 e. The second-order valence-electron chi connectivity index (χ2n) is 3.75. The number of hydrogen-bond acceptors (Lipinski definition) is 1. The molecule has 0 rings (SSSR count). The Morgan fingerprint density at radius 1 is 0.545 bits per heavy atom. The Bertz CT molecular complexity index is 395. The number of rotatable bonds is 6. The molecule has 0 saturated heterocycles. The lowest BCUT2D eigenvalue weighted by atomic mass is 9.97. The van der Waals surface area contributed by atoms with Crippen LogP contribution in [0.25, 0.3) is 0 Å². The summed E-state index contributed by atoms with van der Waals surface area (Å²) in [7, 11) is 0. The molecule has 0 aliphatic rings. The van der Waals surface area contributed by atoms with Gasteiger partial charge in [-0.15, -0.1) is 0 Å². The Balaban J connectivity index is 6.11. The van der Waals surface area contributed by atoms with E-state index in [9.17, 15) is 57.1 Å². The molecule has 0 spiro atoms. The van der Waals surface area contributed by atoms with Crippen molar-refractivity contribution in [1.29, 1.82) is 0 Å². The first-order valence-corrected chi connectivity index (χ1v) is 4.91. The van der Waals surface area contributed by atoms with Crippen LogP contribution in [0.2, 0.25) is 0 Å². The van der Waals surface area contributed by atoms with Gasteiger partial charge in [-0.05, 0) is 6.92 Å². The molecule has 0 N–H and O–H groups in total. The van der Waals surface area contributed by atoms with Gasteiger partial charge in [0.25, 0.3) is 0 Å². The molecule has 14 heteroatoms. The highest BCUT2D eigenvalue weighted by molar-refractivity contribution is 5.08. The van der Waals surface area contributed by atoms with E-state index in [4.69, 9.17) is 0 Å². The SMILES string of the molecule is CCOC(F)(F)C(F)(F)C(F)(F)C(F)(F)C(F)(F)C(F)(F)F. The van der Waals surface area contributed by atoms with Crippen molar-refractivity contribution in [3.05, 3.63) is 0 Å². The van der Waals surface area contributed by atoms with Crippen LogP contribution in [-0.2, 0) is 4.74 Å². The van der Waals surface area contributed by atoms with E-state index < -0.39 is 42.6 Å². The van der Waals surface area contributed by atoms with Gasteiger partial charge in [0.1, 0.15) is 0 Å². The molecule has 0 aromatic carbocycles. The second-order valence-corrected chi connectivity index (χ2v) is 3.75. The molecule has 0 aliphatic heterocycles. The topological polar surface area (TPSA) is 9.23 Å². The smallest absolute Gasteiger partial charge is 0.316 e. The molecule has 134 valence electrons. The first-order chi connectivity index (χ1) is 9.31. The lowest BCUT2D eigenvalue weighted by Gasteiger charge is -2.39. The van der Waals surface area contributed by atoms with Gasteiger partial charge in [-0.3, -0.25) is 0 Å². The van der Waals surface area contributed by atoms with Crippen molar-refractivity contribution in [2.75, 3.05) is 6.61 Å². The van der Waals surface area contributed by atoms with Crippen molar-refractivity contribution in [2.45, 2.75) is 42.9 Å². The van der Waals surface area contributed by atoms with Crippen LogP contribution in [-0.4, -0.2) is 42.6 Å². The van der Waals surface area contributed by atoms with E-state index in [1.54, 1.807) is 0 Å². The number of alkyl halides is 13. The van der Waals surface area contributed by atoms with Crippen LogP contribution in [0.4, 0.5) is 57.1 Å². The maximum atomic E-state index is 12.8. The molecule has 1 nitrogen and oxygen atoms in total. The molecule has 0 unspecified atom stereocenters. The van der Waals surface area contributed by atoms with Crippen LogP contribution < -0.4 is 0 Å². The van der Waals surface area contributed by atoms with E-state index in [-0.39, 0.29) is 0 Å². The summed E-state index contributed by atoms with van der Waals surface area (Å²) in [6.45, 7) is -0.940.